The molecule has 1 aromatic carbocycles. The number of hydrogen-bond donors (Lipinski definition) is 1. The largest absolute Gasteiger partial charge is 0.360 e. The zero-order valence-corrected chi connectivity index (χ0v) is 10.4. The fraction of sp³-hybridized carbons (Fsp3) is 0.0833. The third-order valence-electron chi connectivity index (χ3n) is 2.51. The Labute approximate surface area is 106 Å². The zero-order valence-electron chi connectivity index (χ0n) is 9.62. The molecular formula is C12H10N4OS. The van der Waals surface area contributed by atoms with Crippen LogP contribution in [0.1, 0.15) is 5.56 Å². The summed E-state index contributed by atoms with van der Waals surface area (Å²) in [5.74, 6) is 0. The van der Waals surface area contributed by atoms with Crippen molar-refractivity contribution in [3.63, 3.8) is 0 Å². The van der Waals surface area contributed by atoms with Crippen LogP contribution in [0.3, 0.4) is 0 Å². The number of thiazole rings is 1. The Kier molecular flexibility index (Phi) is 2.56. The molecule has 3 rings (SSSR count). The first kappa shape index (κ1) is 10.9. The van der Waals surface area contributed by atoms with Crippen LogP contribution in [0.5, 0.6) is 0 Å². The van der Waals surface area contributed by atoms with Gasteiger partial charge in [-0.25, -0.2) is 4.98 Å². The molecule has 0 saturated carbocycles. The number of rotatable bonds is 2. The maximum absolute atomic E-state index is 11.9. The van der Waals surface area contributed by atoms with E-state index in [0.29, 0.717) is 9.49 Å². The van der Waals surface area contributed by atoms with E-state index in [1.165, 1.54) is 27.7 Å². The van der Waals surface area contributed by atoms with Crippen molar-refractivity contribution in [2.45, 2.75) is 6.92 Å². The number of nitrogens with one attached hydrogen (secondary N) is 1. The first-order valence-corrected chi connectivity index (χ1v) is 6.21. The normalized spacial score (nSPS) is 12.2. The van der Waals surface area contributed by atoms with Crippen molar-refractivity contribution in [1.29, 1.82) is 0 Å². The Morgan fingerprint density at radius 2 is 2.33 bits per heavy atom. The van der Waals surface area contributed by atoms with Gasteiger partial charge in [-0.2, -0.15) is 9.61 Å². The summed E-state index contributed by atoms with van der Waals surface area (Å²) in [6.07, 6.45) is 3.07. The predicted molar refractivity (Wildman–Crippen MR) is 71.6 cm³/mol. The minimum atomic E-state index is -0.146. The summed E-state index contributed by atoms with van der Waals surface area (Å²) in [6.45, 7) is 2.02. The SMILES string of the molecule is Cc1cccc(N/C=c2\sc3ncnn3c2=O)c1. The van der Waals surface area contributed by atoms with Gasteiger partial charge in [0.25, 0.3) is 5.56 Å². The topological polar surface area (TPSA) is 59.3 Å². The molecule has 0 aliphatic rings. The zero-order chi connectivity index (χ0) is 12.5. The molecule has 3 aromatic rings. The number of anilines is 1. The first-order valence-electron chi connectivity index (χ1n) is 5.40. The third kappa shape index (κ3) is 1.86. The van der Waals surface area contributed by atoms with Crippen molar-refractivity contribution in [2.24, 2.45) is 0 Å². The molecule has 6 heteroatoms. The van der Waals surface area contributed by atoms with E-state index in [2.05, 4.69) is 15.4 Å². The Balaban J connectivity index is 1.99. The van der Waals surface area contributed by atoms with E-state index in [1.807, 2.05) is 31.2 Å². The van der Waals surface area contributed by atoms with Crippen LogP contribution in [-0.2, 0) is 0 Å². The minimum Gasteiger partial charge on any atom is -0.360 e. The summed E-state index contributed by atoms with van der Waals surface area (Å²) in [5.41, 5.74) is 1.97. The van der Waals surface area contributed by atoms with Crippen LogP contribution in [0, 0.1) is 6.92 Å². The Morgan fingerprint density at radius 1 is 1.44 bits per heavy atom. The molecule has 0 fully saturated rings. The van der Waals surface area contributed by atoms with E-state index in [1.54, 1.807) is 6.20 Å². The van der Waals surface area contributed by atoms with E-state index in [4.69, 9.17) is 0 Å². The lowest BCUT2D eigenvalue weighted by molar-refractivity contribution is 0.932. The number of fused-ring (bicyclic) bond motifs is 1. The second-order valence-corrected chi connectivity index (χ2v) is 4.89. The standard InChI is InChI=1S/C12H10N4OS/c1-8-3-2-4-9(5-8)13-6-10-11(17)16-12(18-10)14-7-15-16/h2-7,13H,1H3/b10-6-. The molecule has 0 aliphatic carbocycles. The van der Waals surface area contributed by atoms with E-state index in [-0.39, 0.29) is 5.56 Å². The Morgan fingerprint density at radius 3 is 3.11 bits per heavy atom. The smallest absolute Gasteiger partial charge is 0.292 e. The van der Waals surface area contributed by atoms with Crippen LogP contribution < -0.4 is 15.4 Å². The van der Waals surface area contributed by atoms with E-state index < -0.39 is 0 Å². The van der Waals surface area contributed by atoms with E-state index >= 15 is 0 Å². The molecule has 0 spiro atoms. The molecule has 2 heterocycles. The second kappa shape index (κ2) is 4.23. The molecule has 0 amide bonds. The van der Waals surface area contributed by atoms with Crippen LogP contribution in [0.2, 0.25) is 0 Å². The lowest BCUT2D eigenvalue weighted by Gasteiger charge is -2.00. The van der Waals surface area contributed by atoms with Gasteiger partial charge < -0.3 is 5.32 Å². The van der Waals surface area contributed by atoms with Crippen LogP contribution in [0.15, 0.2) is 35.4 Å². The van der Waals surface area contributed by atoms with Crippen molar-refractivity contribution < 1.29 is 0 Å². The summed E-state index contributed by atoms with van der Waals surface area (Å²) in [6, 6.07) is 7.95. The monoisotopic (exact) mass is 258 g/mol. The number of benzene rings is 1. The molecule has 0 bridgehead atoms. The molecule has 0 atom stereocenters. The minimum absolute atomic E-state index is 0.146. The van der Waals surface area contributed by atoms with Crippen LogP contribution in [0.25, 0.3) is 11.2 Å². The molecular weight excluding hydrogens is 248 g/mol. The Bertz CT molecular complexity index is 805. The third-order valence-corrected chi connectivity index (χ3v) is 3.48. The van der Waals surface area contributed by atoms with Crippen molar-refractivity contribution in [1.82, 2.24) is 14.6 Å². The molecule has 0 unspecified atom stereocenters. The van der Waals surface area contributed by atoms with Gasteiger partial charge in [0.15, 0.2) is 0 Å². The molecule has 2 aromatic heterocycles. The van der Waals surface area contributed by atoms with Gasteiger partial charge in [0.1, 0.15) is 10.9 Å². The lowest BCUT2D eigenvalue weighted by Crippen LogP contribution is -2.24. The molecule has 0 radical (unpaired) electrons. The van der Waals surface area contributed by atoms with Crippen LogP contribution in [0.4, 0.5) is 5.69 Å². The summed E-state index contributed by atoms with van der Waals surface area (Å²) in [4.78, 5) is 16.5. The van der Waals surface area contributed by atoms with Crippen molar-refractivity contribution >= 4 is 28.2 Å². The van der Waals surface area contributed by atoms with Crippen LogP contribution in [-0.4, -0.2) is 14.6 Å². The quantitative estimate of drug-likeness (QED) is 0.746. The maximum Gasteiger partial charge on any atom is 0.292 e. The van der Waals surface area contributed by atoms with Gasteiger partial charge in [-0.3, -0.25) is 4.79 Å². The number of aromatic nitrogens is 3. The molecule has 18 heavy (non-hydrogen) atoms. The van der Waals surface area contributed by atoms with E-state index in [0.717, 1.165) is 5.69 Å². The van der Waals surface area contributed by atoms with Gasteiger partial charge in [0, 0.05) is 11.9 Å². The summed E-state index contributed by atoms with van der Waals surface area (Å²) in [7, 11) is 0. The van der Waals surface area contributed by atoms with Gasteiger partial charge in [-0.1, -0.05) is 23.5 Å². The highest BCUT2D eigenvalue weighted by molar-refractivity contribution is 7.15. The summed E-state index contributed by atoms with van der Waals surface area (Å²) in [5, 5.41) is 6.97. The van der Waals surface area contributed by atoms with Crippen molar-refractivity contribution in [3.05, 3.63) is 51.0 Å². The van der Waals surface area contributed by atoms with Crippen LogP contribution >= 0.6 is 11.3 Å². The molecule has 1 N–H and O–H groups in total. The fourth-order valence-electron chi connectivity index (χ4n) is 1.66. The maximum atomic E-state index is 11.9. The van der Waals surface area contributed by atoms with Gasteiger partial charge >= 0.3 is 0 Å². The molecule has 90 valence electrons. The highest BCUT2D eigenvalue weighted by Crippen LogP contribution is 2.09. The molecule has 5 nitrogen and oxygen atoms in total. The van der Waals surface area contributed by atoms with Gasteiger partial charge in [0.05, 0.1) is 0 Å². The first-order chi connectivity index (χ1) is 8.74. The van der Waals surface area contributed by atoms with Gasteiger partial charge in [-0.05, 0) is 24.6 Å². The molecule has 0 saturated heterocycles. The highest BCUT2D eigenvalue weighted by atomic mass is 32.1. The summed E-state index contributed by atoms with van der Waals surface area (Å²) < 4.78 is 1.89. The number of hydrogen-bond acceptors (Lipinski definition) is 5. The van der Waals surface area contributed by atoms with Crippen molar-refractivity contribution in [3.8, 4) is 0 Å². The fourth-order valence-corrected chi connectivity index (χ4v) is 2.47. The average molecular weight is 258 g/mol. The van der Waals surface area contributed by atoms with Crippen molar-refractivity contribution in [2.75, 3.05) is 5.32 Å². The van der Waals surface area contributed by atoms with E-state index in [9.17, 15) is 4.79 Å². The Hall–Kier alpha value is -2.21. The highest BCUT2D eigenvalue weighted by Gasteiger charge is 2.04. The molecule has 0 aliphatic heterocycles. The second-order valence-electron chi connectivity index (χ2n) is 3.88. The predicted octanol–water partition coefficient (Wildman–Crippen LogP) is 1.03. The lowest BCUT2D eigenvalue weighted by atomic mass is 10.2. The van der Waals surface area contributed by atoms with Gasteiger partial charge in [-0.15, -0.1) is 0 Å². The number of aryl methyl sites for hydroxylation is 1. The summed E-state index contributed by atoms with van der Waals surface area (Å²) >= 11 is 1.31. The number of nitrogens with zero attached hydrogens (tertiary/aromatic N) is 3. The average Bonchev–Trinajstić information content (AvgIpc) is 2.91. The van der Waals surface area contributed by atoms with Gasteiger partial charge in [0.2, 0.25) is 4.96 Å².